The van der Waals surface area contributed by atoms with E-state index in [1.165, 1.54) is 17.7 Å². The first-order chi connectivity index (χ1) is 16.6. The lowest BCUT2D eigenvalue weighted by molar-refractivity contribution is -0.127. The van der Waals surface area contributed by atoms with Crippen molar-refractivity contribution in [3.05, 3.63) is 88.4 Å². The van der Waals surface area contributed by atoms with Crippen molar-refractivity contribution in [2.45, 2.75) is 19.1 Å². The Kier molecular flexibility index (Phi) is 8.18. The molecule has 0 saturated carbocycles. The maximum absolute atomic E-state index is 13.0. The molecule has 2 aromatic carbocycles. The van der Waals surface area contributed by atoms with E-state index in [-0.39, 0.29) is 24.8 Å². The van der Waals surface area contributed by atoms with Gasteiger partial charge in [0.15, 0.2) is 0 Å². The molecule has 0 unspecified atom stereocenters. The fraction of sp³-hybridized carbons (Fsp3) is 0.167. The maximum atomic E-state index is 13.0. The second-order valence-corrected chi connectivity index (χ2v) is 9.82. The Balaban J connectivity index is 1.39. The van der Waals surface area contributed by atoms with E-state index in [0.717, 1.165) is 19.9 Å². The summed E-state index contributed by atoms with van der Waals surface area (Å²) in [5.41, 5.74) is 3.20. The van der Waals surface area contributed by atoms with Crippen LogP contribution in [0.1, 0.15) is 11.3 Å². The lowest BCUT2D eigenvalue weighted by atomic mass is 10.2. The molecule has 2 heterocycles. The van der Waals surface area contributed by atoms with Gasteiger partial charge >= 0.3 is 0 Å². The van der Waals surface area contributed by atoms with Crippen LogP contribution in [-0.4, -0.2) is 39.4 Å². The summed E-state index contributed by atoms with van der Waals surface area (Å²) in [4.78, 5) is 36.7. The predicted molar refractivity (Wildman–Crippen MR) is 134 cm³/mol. The smallest absolute Gasteiger partial charge is 0.249 e. The third kappa shape index (κ3) is 6.83. The molecule has 174 valence electrons. The molecule has 3 N–H and O–H groups in total. The zero-order chi connectivity index (χ0) is 23.8. The zero-order valence-electron chi connectivity index (χ0n) is 18.0. The summed E-state index contributed by atoms with van der Waals surface area (Å²) in [6.07, 6.45) is 4.91. The van der Waals surface area contributed by atoms with Gasteiger partial charge in [0.05, 0.1) is 35.9 Å². The molecule has 1 atom stereocenters. The van der Waals surface area contributed by atoms with Crippen molar-refractivity contribution < 1.29 is 14.3 Å². The number of carbonyl (C=O) groups excluding carboxylic acids is 2. The molecule has 4 aromatic rings. The van der Waals surface area contributed by atoms with Crippen LogP contribution in [0.15, 0.2) is 77.1 Å². The molecule has 10 heteroatoms. The molecule has 0 aliphatic heterocycles. The Labute approximate surface area is 208 Å². The summed E-state index contributed by atoms with van der Waals surface area (Å²) in [7, 11) is 0. The lowest BCUT2D eigenvalue weighted by Gasteiger charge is -2.19. The minimum absolute atomic E-state index is 0.0284. The first-order valence-electron chi connectivity index (χ1n) is 10.5. The van der Waals surface area contributed by atoms with E-state index in [0.29, 0.717) is 18.0 Å². The van der Waals surface area contributed by atoms with E-state index < -0.39 is 6.04 Å². The van der Waals surface area contributed by atoms with Crippen LogP contribution in [0, 0.1) is 0 Å². The summed E-state index contributed by atoms with van der Waals surface area (Å²) >= 11 is 4.94. The van der Waals surface area contributed by atoms with Crippen molar-refractivity contribution in [3.63, 3.8) is 0 Å². The highest BCUT2D eigenvalue weighted by molar-refractivity contribution is 9.11. The number of benzene rings is 2. The second kappa shape index (κ2) is 11.7. The minimum Gasteiger partial charge on any atom is -0.374 e. The fourth-order valence-corrected chi connectivity index (χ4v) is 4.38. The Bertz CT molecular complexity index is 1210. The van der Waals surface area contributed by atoms with Crippen LogP contribution >= 0.6 is 27.3 Å². The Morgan fingerprint density at radius 3 is 2.56 bits per heavy atom. The Hall–Kier alpha value is -3.34. The normalized spacial score (nSPS) is 11.7. The molecule has 2 aromatic heterocycles. The number of amides is 2. The largest absolute Gasteiger partial charge is 0.374 e. The molecule has 0 aliphatic carbocycles. The molecule has 2 amide bonds. The molecule has 0 spiro atoms. The second-order valence-electron chi connectivity index (χ2n) is 7.41. The van der Waals surface area contributed by atoms with Gasteiger partial charge in [-0.15, -0.1) is 11.3 Å². The van der Waals surface area contributed by atoms with Crippen molar-refractivity contribution >= 4 is 44.8 Å². The number of hydrogen-bond donors (Lipinski definition) is 3. The average molecular weight is 540 g/mol. The number of nitrogens with zero attached hydrogens (tertiary/aromatic N) is 2. The number of aromatic amines is 1. The van der Waals surface area contributed by atoms with Gasteiger partial charge in [-0.05, 0) is 45.8 Å². The molecule has 4 rings (SSSR count). The first kappa shape index (κ1) is 23.8. The molecule has 0 radical (unpaired) electrons. The van der Waals surface area contributed by atoms with Crippen LogP contribution in [0.3, 0.4) is 0 Å². The number of halogens is 1. The van der Waals surface area contributed by atoms with Gasteiger partial charge in [-0.3, -0.25) is 9.59 Å². The van der Waals surface area contributed by atoms with Crippen molar-refractivity contribution in [1.82, 2.24) is 20.3 Å². The minimum atomic E-state index is -0.867. The number of rotatable bonds is 10. The van der Waals surface area contributed by atoms with Gasteiger partial charge in [0.1, 0.15) is 11.0 Å². The lowest BCUT2D eigenvalue weighted by Crippen LogP contribution is -2.47. The molecule has 0 bridgehead atoms. The van der Waals surface area contributed by atoms with Crippen LogP contribution in [0.4, 0.5) is 5.69 Å². The number of anilines is 1. The fourth-order valence-electron chi connectivity index (χ4n) is 3.16. The zero-order valence-corrected chi connectivity index (χ0v) is 20.4. The molecule has 0 fully saturated rings. The number of thiazole rings is 1. The summed E-state index contributed by atoms with van der Waals surface area (Å²) in [5, 5.41) is 6.50. The van der Waals surface area contributed by atoms with E-state index in [4.69, 9.17) is 4.74 Å². The van der Waals surface area contributed by atoms with Crippen LogP contribution in [0.2, 0.25) is 0 Å². The number of ether oxygens (including phenoxy) is 1. The van der Waals surface area contributed by atoms with Crippen LogP contribution in [-0.2, 0) is 27.4 Å². The SMILES string of the molecule is O=C(Cc1cnc[nH]1)N[C@@H](COCc1ccccc1)C(=O)Nc1ccc(-c2ncc(Br)s2)cc1. The van der Waals surface area contributed by atoms with Gasteiger partial charge in [-0.2, -0.15) is 0 Å². The van der Waals surface area contributed by atoms with Gasteiger partial charge in [0.2, 0.25) is 11.8 Å². The molecular formula is C24H22BrN5O3S. The van der Waals surface area contributed by atoms with E-state index in [2.05, 4.69) is 41.5 Å². The van der Waals surface area contributed by atoms with Crippen LogP contribution in [0.25, 0.3) is 10.6 Å². The van der Waals surface area contributed by atoms with Gasteiger partial charge < -0.3 is 20.4 Å². The van der Waals surface area contributed by atoms with Crippen molar-refractivity contribution in [2.24, 2.45) is 0 Å². The summed E-state index contributed by atoms with van der Waals surface area (Å²) < 4.78 is 6.70. The Morgan fingerprint density at radius 1 is 1.09 bits per heavy atom. The van der Waals surface area contributed by atoms with Gasteiger partial charge in [0.25, 0.3) is 0 Å². The molecule has 8 nitrogen and oxygen atoms in total. The topological polar surface area (TPSA) is 109 Å². The highest BCUT2D eigenvalue weighted by atomic mass is 79.9. The number of hydrogen-bond acceptors (Lipinski definition) is 6. The summed E-state index contributed by atoms with van der Waals surface area (Å²) in [6.45, 7) is 0.361. The van der Waals surface area contributed by atoms with E-state index in [9.17, 15) is 9.59 Å². The number of carbonyl (C=O) groups is 2. The van der Waals surface area contributed by atoms with Gasteiger partial charge in [0, 0.05) is 23.1 Å². The summed E-state index contributed by atoms with van der Waals surface area (Å²) in [5.74, 6) is -0.673. The molecule has 34 heavy (non-hydrogen) atoms. The maximum Gasteiger partial charge on any atom is 0.249 e. The quantitative estimate of drug-likeness (QED) is 0.280. The van der Waals surface area contributed by atoms with Gasteiger partial charge in [-0.1, -0.05) is 30.3 Å². The first-order valence-corrected chi connectivity index (χ1v) is 12.1. The van der Waals surface area contributed by atoms with E-state index >= 15 is 0 Å². The Morgan fingerprint density at radius 2 is 1.88 bits per heavy atom. The highest BCUT2D eigenvalue weighted by Gasteiger charge is 2.22. The standard InChI is InChI=1S/C24H22BrN5O3S/c25-21-12-27-24(34-21)17-6-8-18(9-7-17)29-23(32)20(14-33-13-16-4-2-1-3-5-16)30-22(31)10-19-11-26-15-28-19/h1-9,11-12,15,20H,10,13-14H2,(H,26,28)(H,29,32)(H,30,31)/t20-/m0/s1. The van der Waals surface area contributed by atoms with Crippen molar-refractivity contribution in [3.8, 4) is 10.6 Å². The van der Waals surface area contributed by atoms with Crippen molar-refractivity contribution in [1.29, 1.82) is 0 Å². The van der Waals surface area contributed by atoms with Crippen LogP contribution < -0.4 is 10.6 Å². The summed E-state index contributed by atoms with van der Waals surface area (Å²) in [6, 6.07) is 16.2. The monoisotopic (exact) mass is 539 g/mol. The number of imidazole rings is 1. The van der Waals surface area contributed by atoms with E-state index in [1.807, 2.05) is 42.5 Å². The van der Waals surface area contributed by atoms with Gasteiger partial charge in [-0.25, -0.2) is 9.97 Å². The van der Waals surface area contributed by atoms with E-state index in [1.54, 1.807) is 24.5 Å². The predicted octanol–water partition coefficient (Wildman–Crippen LogP) is 4.18. The molecule has 0 aliphatic rings. The average Bonchev–Trinajstić information content (AvgIpc) is 3.51. The third-order valence-corrected chi connectivity index (χ3v) is 6.36. The number of aromatic nitrogens is 3. The number of nitrogens with one attached hydrogen (secondary N) is 3. The molecular weight excluding hydrogens is 518 g/mol. The number of H-pyrrole nitrogens is 1. The molecule has 0 saturated heterocycles. The van der Waals surface area contributed by atoms with Crippen molar-refractivity contribution in [2.75, 3.05) is 11.9 Å². The van der Waals surface area contributed by atoms with Crippen LogP contribution in [0.5, 0.6) is 0 Å². The highest BCUT2D eigenvalue weighted by Crippen LogP contribution is 2.29. The third-order valence-electron chi connectivity index (χ3n) is 4.83.